The maximum absolute atomic E-state index is 13.1. The SMILES string of the molecule is CNCC1CCN(C(=O)CN2C(=O)NC3(CC(C)CC(C)(C)C3)C2=O)CC1.Cl. The molecule has 2 N–H and O–H groups in total. The van der Waals surface area contributed by atoms with E-state index in [-0.39, 0.29) is 36.2 Å². The Morgan fingerprint density at radius 3 is 2.43 bits per heavy atom. The zero-order chi connectivity index (χ0) is 19.8. The van der Waals surface area contributed by atoms with Crippen LogP contribution >= 0.6 is 12.4 Å². The number of hydrogen-bond donors (Lipinski definition) is 2. The van der Waals surface area contributed by atoms with E-state index in [1.807, 2.05) is 7.05 Å². The molecule has 2 heterocycles. The number of nitrogens with zero attached hydrogens (tertiary/aromatic N) is 2. The van der Waals surface area contributed by atoms with Crippen molar-refractivity contribution in [2.45, 2.75) is 58.4 Å². The number of amides is 4. The minimum Gasteiger partial charge on any atom is -0.341 e. The third-order valence-corrected chi connectivity index (χ3v) is 6.38. The van der Waals surface area contributed by atoms with Gasteiger partial charge in [0.05, 0.1) is 0 Å². The van der Waals surface area contributed by atoms with Gasteiger partial charge >= 0.3 is 6.03 Å². The van der Waals surface area contributed by atoms with Crippen LogP contribution in [0.4, 0.5) is 4.79 Å². The van der Waals surface area contributed by atoms with Crippen LogP contribution in [0.1, 0.15) is 52.9 Å². The number of rotatable bonds is 4. The summed E-state index contributed by atoms with van der Waals surface area (Å²) in [4.78, 5) is 41.3. The van der Waals surface area contributed by atoms with Gasteiger partial charge in [-0.1, -0.05) is 20.8 Å². The van der Waals surface area contributed by atoms with Gasteiger partial charge < -0.3 is 15.5 Å². The zero-order valence-electron chi connectivity index (χ0n) is 17.5. The summed E-state index contributed by atoms with van der Waals surface area (Å²) in [7, 11) is 1.94. The maximum Gasteiger partial charge on any atom is 0.325 e. The minimum absolute atomic E-state index is 0. The molecule has 2 unspecified atom stereocenters. The lowest BCUT2D eigenvalue weighted by molar-refractivity contribution is -0.141. The topological polar surface area (TPSA) is 81.8 Å². The van der Waals surface area contributed by atoms with E-state index in [1.54, 1.807) is 4.90 Å². The molecule has 1 aliphatic carbocycles. The largest absolute Gasteiger partial charge is 0.341 e. The molecule has 2 saturated heterocycles. The Bertz CT molecular complexity index is 619. The van der Waals surface area contributed by atoms with E-state index in [0.717, 1.165) is 30.7 Å². The third-order valence-electron chi connectivity index (χ3n) is 6.38. The van der Waals surface area contributed by atoms with Crippen LogP contribution in [0.5, 0.6) is 0 Å². The van der Waals surface area contributed by atoms with Crippen molar-refractivity contribution >= 4 is 30.3 Å². The predicted molar refractivity (Wildman–Crippen MR) is 110 cm³/mol. The number of nitrogens with one attached hydrogen (secondary N) is 2. The molecule has 2 atom stereocenters. The number of carbonyl (C=O) groups is 3. The van der Waals surface area contributed by atoms with Crippen molar-refractivity contribution in [1.82, 2.24) is 20.4 Å². The Kier molecular flexibility index (Phi) is 7.03. The molecule has 1 saturated carbocycles. The van der Waals surface area contributed by atoms with E-state index >= 15 is 0 Å². The molecule has 0 aromatic carbocycles. The van der Waals surface area contributed by atoms with Gasteiger partial charge in [0.2, 0.25) is 5.91 Å². The van der Waals surface area contributed by atoms with Crippen LogP contribution in [0.2, 0.25) is 0 Å². The van der Waals surface area contributed by atoms with Crippen molar-refractivity contribution in [1.29, 1.82) is 0 Å². The fraction of sp³-hybridized carbons (Fsp3) is 0.850. The molecule has 2 aliphatic heterocycles. The summed E-state index contributed by atoms with van der Waals surface area (Å²) in [5.41, 5.74) is -0.839. The fourth-order valence-corrected chi connectivity index (χ4v) is 5.56. The highest BCUT2D eigenvalue weighted by Gasteiger charge is 2.56. The molecule has 3 fully saturated rings. The van der Waals surface area contributed by atoms with Gasteiger partial charge in [0.25, 0.3) is 5.91 Å². The van der Waals surface area contributed by atoms with Gasteiger partial charge in [-0.3, -0.25) is 14.5 Å². The molecular formula is C20H35ClN4O3. The predicted octanol–water partition coefficient (Wildman–Crippen LogP) is 2.00. The normalized spacial score (nSPS) is 30.4. The van der Waals surface area contributed by atoms with Crippen LogP contribution in [0.15, 0.2) is 0 Å². The average Bonchev–Trinajstić information content (AvgIpc) is 2.77. The van der Waals surface area contributed by atoms with E-state index in [2.05, 4.69) is 31.4 Å². The van der Waals surface area contributed by atoms with Gasteiger partial charge in [-0.2, -0.15) is 0 Å². The van der Waals surface area contributed by atoms with E-state index in [1.165, 1.54) is 0 Å². The number of halogens is 1. The molecule has 8 heteroatoms. The highest BCUT2D eigenvalue weighted by molar-refractivity contribution is 6.09. The lowest BCUT2D eigenvalue weighted by Gasteiger charge is -2.43. The van der Waals surface area contributed by atoms with Crippen LogP contribution in [0.25, 0.3) is 0 Å². The highest BCUT2D eigenvalue weighted by Crippen LogP contribution is 2.46. The van der Waals surface area contributed by atoms with Crippen LogP contribution < -0.4 is 10.6 Å². The number of imide groups is 1. The molecular weight excluding hydrogens is 380 g/mol. The summed E-state index contributed by atoms with van der Waals surface area (Å²) in [5, 5.41) is 6.13. The van der Waals surface area contributed by atoms with Crippen molar-refractivity contribution in [3.8, 4) is 0 Å². The Hall–Kier alpha value is -1.34. The minimum atomic E-state index is -0.835. The first-order chi connectivity index (χ1) is 12.7. The first-order valence-electron chi connectivity index (χ1n) is 10.2. The number of carbonyl (C=O) groups excluding carboxylic acids is 3. The Balaban J connectivity index is 0.00000280. The standard InChI is InChI=1S/C20H34N4O3.ClH/c1-14-9-19(2,3)13-20(10-14)17(26)24(18(27)22-20)12-16(25)23-7-5-15(6-8-23)11-21-4;/h14-15,21H,5-13H2,1-4H3,(H,22,27);1H. The number of likely N-dealkylation sites (tertiary alicyclic amines) is 1. The van der Waals surface area contributed by atoms with E-state index in [0.29, 0.717) is 37.8 Å². The van der Waals surface area contributed by atoms with Crippen molar-refractivity contribution in [2.75, 3.05) is 33.2 Å². The van der Waals surface area contributed by atoms with E-state index in [4.69, 9.17) is 0 Å². The Morgan fingerprint density at radius 2 is 1.86 bits per heavy atom. The summed E-state index contributed by atoms with van der Waals surface area (Å²) < 4.78 is 0. The molecule has 1 spiro atoms. The summed E-state index contributed by atoms with van der Waals surface area (Å²) in [6.07, 6.45) is 4.25. The average molecular weight is 415 g/mol. The van der Waals surface area contributed by atoms with Crippen molar-refractivity contribution < 1.29 is 14.4 Å². The molecule has 0 bridgehead atoms. The van der Waals surface area contributed by atoms with Crippen LogP contribution in [-0.2, 0) is 9.59 Å². The van der Waals surface area contributed by atoms with Crippen LogP contribution in [0, 0.1) is 17.3 Å². The summed E-state index contributed by atoms with van der Waals surface area (Å²) in [5.74, 6) is 0.608. The lowest BCUT2D eigenvalue weighted by atomic mass is 9.64. The summed E-state index contributed by atoms with van der Waals surface area (Å²) in [6, 6.07) is -0.414. The van der Waals surface area contributed by atoms with Crippen molar-refractivity contribution in [3.63, 3.8) is 0 Å². The molecule has 28 heavy (non-hydrogen) atoms. The van der Waals surface area contributed by atoms with Gasteiger partial charge in [0, 0.05) is 13.1 Å². The second-order valence-electron chi connectivity index (χ2n) is 9.64. The second-order valence-corrected chi connectivity index (χ2v) is 9.64. The summed E-state index contributed by atoms with van der Waals surface area (Å²) >= 11 is 0. The number of urea groups is 1. The summed E-state index contributed by atoms with van der Waals surface area (Å²) in [6.45, 7) is 8.64. The maximum atomic E-state index is 13.1. The number of piperidine rings is 1. The monoisotopic (exact) mass is 414 g/mol. The van der Waals surface area contributed by atoms with Gasteiger partial charge in [-0.25, -0.2) is 4.79 Å². The molecule has 0 radical (unpaired) electrons. The van der Waals surface area contributed by atoms with Gasteiger partial charge in [-0.15, -0.1) is 12.4 Å². The van der Waals surface area contributed by atoms with Gasteiger partial charge in [-0.05, 0) is 62.9 Å². The Morgan fingerprint density at radius 1 is 1.21 bits per heavy atom. The van der Waals surface area contributed by atoms with Crippen molar-refractivity contribution in [2.24, 2.45) is 17.3 Å². The van der Waals surface area contributed by atoms with Gasteiger partial charge in [0.15, 0.2) is 0 Å². The first-order valence-corrected chi connectivity index (χ1v) is 10.2. The molecule has 4 amide bonds. The first kappa shape index (κ1) is 22.9. The Labute approximate surface area is 174 Å². The number of hydrogen-bond acceptors (Lipinski definition) is 4. The molecule has 3 aliphatic rings. The van der Waals surface area contributed by atoms with Crippen molar-refractivity contribution in [3.05, 3.63) is 0 Å². The zero-order valence-corrected chi connectivity index (χ0v) is 18.4. The molecule has 0 aromatic heterocycles. The second kappa shape index (κ2) is 8.57. The molecule has 0 aromatic rings. The van der Waals surface area contributed by atoms with E-state index in [9.17, 15) is 14.4 Å². The van der Waals surface area contributed by atoms with Crippen LogP contribution in [-0.4, -0.2) is 66.4 Å². The van der Waals surface area contributed by atoms with Gasteiger partial charge in [0.1, 0.15) is 12.1 Å². The van der Waals surface area contributed by atoms with E-state index < -0.39 is 11.6 Å². The quantitative estimate of drug-likeness (QED) is 0.689. The van der Waals surface area contributed by atoms with Crippen LogP contribution in [0.3, 0.4) is 0 Å². The molecule has 160 valence electrons. The fourth-order valence-electron chi connectivity index (χ4n) is 5.56. The molecule has 7 nitrogen and oxygen atoms in total. The highest BCUT2D eigenvalue weighted by atomic mass is 35.5. The lowest BCUT2D eigenvalue weighted by Crippen LogP contribution is -2.54. The smallest absolute Gasteiger partial charge is 0.325 e. The molecule has 3 rings (SSSR count). The third kappa shape index (κ3) is 4.62.